The maximum absolute atomic E-state index is 12.3. The van der Waals surface area contributed by atoms with Gasteiger partial charge in [-0.1, -0.05) is 51.5 Å². The van der Waals surface area contributed by atoms with Crippen LogP contribution in [-0.2, 0) is 11.2 Å². The fraction of sp³-hybridized carbons (Fsp3) is 0.458. The SMILES string of the molecule is CCCCOc1ccc(CCC(=O)Oc2ccccc2C(C)C)cc1OCC. The Labute approximate surface area is 168 Å². The number of hydrogen-bond acceptors (Lipinski definition) is 4. The summed E-state index contributed by atoms with van der Waals surface area (Å²) in [5, 5.41) is 0. The Morgan fingerprint density at radius 1 is 0.964 bits per heavy atom. The standard InChI is InChI=1S/C24H32O4/c1-5-7-16-27-22-14-12-19(17-23(22)26-6-2)13-15-24(25)28-21-11-9-8-10-20(21)18(3)4/h8-12,14,17-18H,5-7,13,15-16H2,1-4H3. The molecule has 2 rings (SSSR count). The van der Waals surface area contributed by atoms with Crippen molar-refractivity contribution >= 4 is 5.97 Å². The maximum atomic E-state index is 12.3. The zero-order valence-electron chi connectivity index (χ0n) is 17.5. The van der Waals surface area contributed by atoms with Gasteiger partial charge in [-0.25, -0.2) is 0 Å². The molecule has 4 nitrogen and oxygen atoms in total. The van der Waals surface area contributed by atoms with Gasteiger partial charge in [0.05, 0.1) is 13.2 Å². The molecule has 0 saturated heterocycles. The van der Waals surface area contributed by atoms with Crippen LogP contribution in [0.3, 0.4) is 0 Å². The van der Waals surface area contributed by atoms with Crippen LogP contribution in [0.25, 0.3) is 0 Å². The van der Waals surface area contributed by atoms with Crippen LogP contribution in [0.1, 0.15) is 64.0 Å². The van der Waals surface area contributed by atoms with Crippen LogP contribution in [0.5, 0.6) is 17.2 Å². The summed E-state index contributed by atoms with van der Waals surface area (Å²) in [5.74, 6) is 2.21. The van der Waals surface area contributed by atoms with E-state index in [0.29, 0.717) is 37.7 Å². The van der Waals surface area contributed by atoms with Crippen molar-refractivity contribution in [2.75, 3.05) is 13.2 Å². The van der Waals surface area contributed by atoms with Gasteiger partial charge in [-0.05, 0) is 55.0 Å². The molecular formula is C24H32O4. The van der Waals surface area contributed by atoms with E-state index in [1.807, 2.05) is 49.4 Å². The second-order valence-corrected chi connectivity index (χ2v) is 7.08. The van der Waals surface area contributed by atoms with Crippen molar-refractivity contribution < 1.29 is 19.0 Å². The van der Waals surface area contributed by atoms with Crippen LogP contribution >= 0.6 is 0 Å². The van der Waals surface area contributed by atoms with Gasteiger partial charge in [0.2, 0.25) is 0 Å². The quantitative estimate of drug-likeness (QED) is 0.274. The van der Waals surface area contributed by atoms with E-state index in [1.165, 1.54) is 0 Å². The average molecular weight is 385 g/mol. The predicted octanol–water partition coefficient (Wildman–Crippen LogP) is 5.93. The lowest BCUT2D eigenvalue weighted by Gasteiger charge is -2.14. The second kappa shape index (κ2) is 11.4. The van der Waals surface area contributed by atoms with E-state index in [0.717, 1.165) is 35.5 Å². The van der Waals surface area contributed by atoms with Crippen LogP contribution < -0.4 is 14.2 Å². The fourth-order valence-corrected chi connectivity index (χ4v) is 2.89. The molecule has 28 heavy (non-hydrogen) atoms. The van der Waals surface area contributed by atoms with E-state index in [9.17, 15) is 4.79 Å². The van der Waals surface area contributed by atoms with Crippen molar-refractivity contribution in [3.8, 4) is 17.2 Å². The first kappa shape index (κ1) is 21.8. The lowest BCUT2D eigenvalue weighted by Crippen LogP contribution is -2.11. The summed E-state index contributed by atoms with van der Waals surface area (Å²) in [6, 6.07) is 13.6. The Kier molecular flexibility index (Phi) is 8.86. The molecule has 0 radical (unpaired) electrons. The van der Waals surface area contributed by atoms with Crippen molar-refractivity contribution in [1.29, 1.82) is 0 Å². The molecule has 2 aromatic carbocycles. The summed E-state index contributed by atoms with van der Waals surface area (Å²) in [6.45, 7) is 9.51. The largest absolute Gasteiger partial charge is 0.490 e. The van der Waals surface area contributed by atoms with Crippen LogP contribution in [0.15, 0.2) is 42.5 Å². The Hall–Kier alpha value is -2.49. The number of benzene rings is 2. The first-order valence-corrected chi connectivity index (χ1v) is 10.2. The third-order valence-electron chi connectivity index (χ3n) is 4.45. The van der Waals surface area contributed by atoms with Crippen molar-refractivity contribution in [2.45, 2.75) is 59.3 Å². The normalized spacial score (nSPS) is 10.8. The van der Waals surface area contributed by atoms with E-state index < -0.39 is 0 Å². The van der Waals surface area contributed by atoms with Crippen LogP contribution in [0, 0.1) is 0 Å². The summed E-state index contributed by atoms with van der Waals surface area (Å²) in [6.07, 6.45) is 3.01. The molecule has 0 aromatic heterocycles. The van der Waals surface area contributed by atoms with Gasteiger partial charge in [-0.2, -0.15) is 0 Å². The molecule has 0 bridgehead atoms. The lowest BCUT2D eigenvalue weighted by molar-refractivity contribution is -0.134. The monoisotopic (exact) mass is 384 g/mol. The summed E-state index contributed by atoms with van der Waals surface area (Å²) in [5.41, 5.74) is 2.07. The Bertz CT molecular complexity index is 752. The molecule has 0 N–H and O–H groups in total. The van der Waals surface area contributed by atoms with Crippen molar-refractivity contribution in [3.63, 3.8) is 0 Å². The molecule has 4 heteroatoms. The highest BCUT2D eigenvalue weighted by molar-refractivity contribution is 5.73. The van der Waals surface area contributed by atoms with Gasteiger partial charge >= 0.3 is 5.97 Å². The average Bonchev–Trinajstić information content (AvgIpc) is 2.68. The molecule has 0 aliphatic rings. The van der Waals surface area contributed by atoms with Gasteiger partial charge in [0.25, 0.3) is 0 Å². The molecule has 0 unspecified atom stereocenters. The Balaban J connectivity index is 1.98. The molecule has 0 aliphatic heterocycles. The maximum Gasteiger partial charge on any atom is 0.311 e. The summed E-state index contributed by atoms with van der Waals surface area (Å²) >= 11 is 0. The molecule has 0 fully saturated rings. The molecular weight excluding hydrogens is 352 g/mol. The zero-order chi connectivity index (χ0) is 20.4. The highest BCUT2D eigenvalue weighted by Gasteiger charge is 2.13. The van der Waals surface area contributed by atoms with Gasteiger partial charge in [0.1, 0.15) is 5.75 Å². The molecule has 152 valence electrons. The molecule has 2 aromatic rings. The Morgan fingerprint density at radius 2 is 1.75 bits per heavy atom. The van der Waals surface area contributed by atoms with Gasteiger partial charge in [0, 0.05) is 6.42 Å². The molecule has 0 amide bonds. The third-order valence-corrected chi connectivity index (χ3v) is 4.45. The van der Waals surface area contributed by atoms with Gasteiger partial charge in [-0.3, -0.25) is 4.79 Å². The molecule has 0 saturated carbocycles. The van der Waals surface area contributed by atoms with Crippen molar-refractivity contribution in [2.24, 2.45) is 0 Å². The van der Waals surface area contributed by atoms with Crippen molar-refractivity contribution in [3.05, 3.63) is 53.6 Å². The number of para-hydroxylation sites is 1. The predicted molar refractivity (Wildman–Crippen MR) is 113 cm³/mol. The van der Waals surface area contributed by atoms with E-state index in [1.54, 1.807) is 0 Å². The highest BCUT2D eigenvalue weighted by Crippen LogP contribution is 2.30. The lowest BCUT2D eigenvalue weighted by atomic mass is 10.0. The first-order valence-electron chi connectivity index (χ1n) is 10.2. The molecule has 0 aliphatic carbocycles. The summed E-state index contributed by atoms with van der Waals surface area (Å²) in [4.78, 5) is 12.3. The number of carbonyl (C=O) groups is 1. The van der Waals surface area contributed by atoms with E-state index in [2.05, 4.69) is 20.8 Å². The fourth-order valence-electron chi connectivity index (χ4n) is 2.89. The van der Waals surface area contributed by atoms with Crippen molar-refractivity contribution in [1.82, 2.24) is 0 Å². The third kappa shape index (κ3) is 6.59. The van der Waals surface area contributed by atoms with E-state index in [4.69, 9.17) is 14.2 Å². The first-order chi connectivity index (χ1) is 13.5. The zero-order valence-corrected chi connectivity index (χ0v) is 17.5. The highest BCUT2D eigenvalue weighted by atomic mass is 16.5. The number of ether oxygens (including phenoxy) is 3. The number of hydrogen-bond donors (Lipinski definition) is 0. The number of aryl methyl sites for hydroxylation is 1. The van der Waals surface area contributed by atoms with Crippen LogP contribution in [0.4, 0.5) is 0 Å². The van der Waals surface area contributed by atoms with Crippen LogP contribution in [-0.4, -0.2) is 19.2 Å². The number of rotatable bonds is 11. The smallest absolute Gasteiger partial charge is 0.311 e. The second-order valence-electron chi connectivity index (χ2n) is 7.08. The minimum Gasteiger partial charge on any atom is -0.490 e. The molecule has 0 heterocycles. The topological polar surface area (TPSA) is 44.8 Å². The van der Waals surface area contributed by atoms with Gasteiger partial charge in [-0.15, -0.1) is 0 Å². The molecule has 0 spiro atoms. The van der Waals surface area contributed by atoms with E-state index in [-0.39, 0.29) is 5.97 Å². The number of carbonyl (C=O) groups excluding carboxylic acids is 1. The number of unbranched alkanes of at least 4 members (excludes halogenated alkanes) is 1. The van der Waals surface area contributed by atoms with Gasteiger partial charge < -0.3 is 14.2 Å². The minimum atomic E-state index is -0.227. The van der Waals surface area contributed by atoms with E-state index >= 15 is 0 Å². The summed E-state index contributed by atoms with van der Waals surface area (Å²) in [7, 11) is 0. The molecule has 0 atom stereocenters. The minimum absolute atomic E-state index is 0.227. The van der Waals surface area contributed by atoms with Crippen LogP contribution in [0.2, 0.25) is 0 Å². The van der Waals surface area contributed by atoms with Gasteiger partial charge in [0.15, 0.2) is 11.5 Å². The number of esters is 1. The Morgan fingerprint density at radius 3 is 2.46 bits per heavy atom. The summed E-state index contributed by atoms with van der Waals surface area (Å²) < 4.78 is 17.1.